The highest BCUT2D eigenvalue weighted by Gasteiger charge is 2.23. The fourth-order valence-corrected chi connectivity index (χ4v) is 2.31. The summed E-state index contributed by atoms with van der Waals surface area (Å²) in [5, 5.41) is 0. The molecule has 76 valence electrons. The van der Waals surface area contributed by atoms with Crippen LogP contribution in [0.4, 0.5) is 0 Å². The van der Waals surface area contributed by atoms with Crippen LogP contribution >= 0.6 is 0 Å². The van der Waals surface area contributed by atoms with Crippen LogP contribution in [0, 0.1) is 6.92 Å². The van der Waals surface area contributed by atoms with E-state index in [1.54, 1.807) is 0 Å². The van der Waals surface area contributed by atoms with Gasteiger partial charge in [-0.15, -0.1) is 0 Å². The lowest BCUT2D eigenvalue weighted by Crippen LogP contribution is -2.10. The maximum atomic E-state index is 11.8. The van der Waals surface area contributed by atoms with Crippen LogP contribution in [0.25, 0.3) is 0 Å². The van der Waals surface area contributed by atoms with Crippen LogP contribution in [0.5, 0.6) is 0 Å². The van der Waals surface area contributed by atoms with Gasteiger partial charge in [-0.2, -0.15) is 0 Å². The minimum absolute atomic E-state index is 0.199. The van der Waals surface area contributed by atoms with Gasteiger partial charge in [0.1, 0.15) is 0 Å². The second kappa shape index (κ2) is 3.58. The largest absolute Gasteiger partial charge is 0.362 e. The van der Waals surface area contributed by atoms with Gasteiger partial charge in [-0.3, -0.25) is 4.79 Å². The van der Waals surface area contributed by atoms with Gasteiger partial charge < -0.3 is 10.7 Å². The summed E-state index contributed by atoms with van der Waals surface area (Å²) in [5.74, 6) is 0.199. The molecule has 0 aromatic carbocycles. The Hall–Kier alpha value is -1.09. The Morgan fingerprint density at radius 1 is 1.50 bits per heavy atom. The number of nitrogens with one attached hydrogen (secondary N) is 1. The van der Waals surface area contributed by atoms with Crippen LogP contribution in [0.2, 0.25) is 0 Å². The van der Waals surface area contributed by atoms with E-state index in [0.29, 0.717) is 13.0 Å². The average Bonchev–Trinajstić information content (AvgIpc) is 2.63. The zero-order valence-electron chi connectivity index (χ0n) is 8.52. The van der Waals surface area contributed by atoms with E-state index in [0.717, 1.165) is 24.1 Å². The molecular weight excluding hydrogens is 176 g/mol. The highest BCUT2D eigenvalue weighted by Crippen LogP contribution is 2.28. The van der Waals surface area contributed by atoms with Crippen LogP contribution in [0.3, 0.4) is 0 Å². The number of hydrogen-bond acceptors (Lipinski definition) is 2. The first kappa shape index (κ1) is 9.46. The van der Waals surface area contributed by atoms with Crippen molar-refractivity contribution in [2.45, 2.75) is 32.6 Å². The molecule has 14 heavy (non-hydrogen) atoms. The molecule has 1 aliphatic carbocycles. The van der Waals surface area contributed by atoms with Crippen LogP contribution < -0.4 is 5.73 Å². The topological polar surface area (TPSA) is 58.9 Å². The van der Waals surface area contributed by atoms with Crippen molar-refractivity contribution in [2.24, 2.45) is 5.73 Å². The number of nitrogens with two attached hydrogens (primary N) is 1. The summed E-state index contributed by atoms with van der Waals surface area (Å²) in [6, 6.07) is 0. The third kappa shape index (κ3) is 1.38. The van der Waals surface area contributed by atoms with Crippen molar-refractivity contribution in [3.05, 3.63) is 22.5 Å². The second-order valence-electron chi connectivity index (χ2n) is 3.90. The molecule has 0 amide bonds. The van der Waals surface area contributed by atoms with Crippen molar-refractivity contribution >= 4 is 5.78 Å². The molecule has 0 saturated carbocycles. The predicted octanol–water partition coefficient (Wildman–Crippen LogP) is 1.34. The zero-order valence-corrected chi connectivity index (χ0v) is 8.52. The van der Waals surface area contributed by atoms with Gasteiger partial charge in [0.25, 0.3) is 0 Å². The first-order valence-electron chi connectivity index (χ1n) is 5.17. The van der Waals surface area contributed by atoms with Gasteiger partial charge in [0.2, 0.25) is 0 Å². The van der Waals surface area contributed by atoms with Gasteiger partial charge in [0.15, 0.2) is 5.78 Å². The number of aromatic nitrogens is 1. The van der Waals surface area contributed by atoms with Crippen molar-refractivity contribution in [1.82, 2.24) is 4.98 Å². The smallest absolute Gasteiger partial charge is 0.166 e. The number of aryl methyl sites for hydroxylation is 2. The van der Waals surface area contributed by atoms with E-state index in [1.165, 1.54) is 17.7 Å². The molecule has 3 nitrogen and oxygen atoms in total. The molecule has 3 heteroatoms. The number of aromatic amines is 1. The fourth-order valence-electron chi connectivity index (χ4n) is 2.31. The Morgan fingerprint density at radius 2 is 2.29 bits per heavy atom. The summed E-state index contributed by atoms with van der Waals surface area (Å²) in [6.07, 6.45) is 3.77. The van der Waals surface area contributed by atoms with E-state index in [9.17, 15) is 4.79 Å². The Bertz CT molecular complexity index is 366. The number of carbonyl (C=O) groups is 1. The summed E-state index contributed by atoms with van der Waals surface area (Å²) in [7, 11) is 0. The van der Waals surface area contributed by atoms with Crippen molar-refractivity contribution in [1.29, 1.82) is 0 Å². The second-order valence-corrected chi connectivity index (χ2v) is 3.90. The number of ketones is 1. The molecule has 1 aromatic heterocycles. The number of hydrogen-bond donors (Lipinski definition) is 2. The molecule has 3 N–H and O–H groups in total. The van der Waals surface area contributed by atoms with Gasteiger partial charge in [-0.05, 0) is 38.3 Å². The molecule has 0 bridgehead atoms. The first-order valence-corrected chi connectivity index (χ1v) is 5.17. The highest BCUT2D eigenvalue weighted by molar-refractivity contribution is 5.99. The van der Waals surface area contributed by atoms with E-state index in [4.69, 9.17) is 5.73 Å². The Kier molecular flexibility index (Phi) is 2.42. The van der Waals surface area contributed by atoms with E-state index in [1.807, 2.05) is 6.92 Å². The first-order chi connectivity index (χ1) is 6.74. The minimum atomic E-state index is 0.199. The molecule has 0 atom stereocenters. The van der Waals surface area contributed by atoms with Gasteiger partial charge in [-0.1, -0.05) is 0 Å². The number of H-pyrrole nitrogens is 1. The van der Waals surface area contributed by atoms with E-state index in [2.05, 4.69) is 4.98 Å². The highest BCUT2D eigenvalue weighted by atomic mass is 16.1. The molecular formula is C11H16N2O. The van der Waals surface area contributed by atoms with Crippen LogP contribution in [0.1, 0.15) is 40.2 Å². The molecule has 2 rings (SSSR count). The Morgan fingerprint density at radius 3 is 3.00 bits per heavy atom. The minimum Gasteiger partial charge on any atom is -0.362 e. The Labute approximate surface area is 83.7 Å². The summed E-state index contributed by atoms with van der Waals surface area (Å²) < 4.78 is 0. The summed E-state index contributed by atoms with van der Waals surface area (Å²) in [4.78, 5) is 15.1. The SMILES string of the molecule is Cc1[nH]c2c(c1C(=O)CCN)CCC2. The fraction of sp³-hybridized carbons (Fsp3) is 0.545. The zero-order chi connectivity index (χ0) is 10.1. The molecule has 0 aliphatic heterocycles. The standard InChI is InChI=1S/C11H16N2O/c1-7-11(10(14)5-6-12)8-3-2-4-9(8)13-7/h13H,2-6,12H2,1H3. The van der Waals surface area contributed by atoms with Crippen molar-refractivity contribution in [3.8, 4) is 0 Å². The van der Waals surface area contributed by atoms with Crippen LogP contribution in [-0.4, -0.2) is 17.3 Å². The van der Waals surface area contributed by atoms with Gasteiger partial charge >= 0.3 is 0 Å². The van der Waals surface area contributed by atoms with Gasteiger partial charge in [-0.25, -0.2) is 0 Å². The third-order valence-corrected chi connectivity index (χ3v) is 2.88. The lowest BCUT2D eigenvalue weighted by molar-refractivity contribution is 0.0984. The summed E-state index contributed by atoms with van der Waals surface area (Å²) >= 11 is 0. The molecule has 1 aliphatic rings. The Balaban J connectivity index is 2.37. The lowest BCUT2D eigenvalue weighted by Gasteiger charge is -2.00. The molecule has 0 fully saturated rings. The van der Waals surface area contributed by atoms with Crippen molar-refractivity contribution in [2.75, 3.05) is 6.54 Å². The van der Waals surface area contributed by atoms with Gasteiger partial charge in [0, 0.05) is 23.4 Å². The van der Waals surface area contributed by atoms with Crippen LogP contribution in [-0.2, 0) is 12.8 Å². The summed E-state index contributed by atoms with van der Waals surface area (Å²) in [6.45, 7) is 2.42. The molecule has 1 aromatic rings. The normalized spacial score (nSPS) is 14.4. The quantitative estimate of drug-likeness (QED) is 0.710. The number of Topliss-reactive ketones (excluding diaryl/α,β-unsaturated/α-hetero) is 1. The lowest BCUT2D eigenvalue weighted by atomic mass is 10.0. The number of rotatable bonds is 3. The molecule has 0 radical (unpaired) electrons. The van der Waals surface area contributed by atoms with E-state index >= 15 is 0 Å². The maximum absolute atomic E-state index is 11.8. The average molecular weight is 192 g/mol. The van der Waals surface area contributed by atoms with Gasteiger partial charge in [0.05, 0.1) is 0 Å². The van der Waals surface area contributed by atoms with E-state index in [-0.39, 0.29) is 5.78 Å². The molecule has 0 saturated heterocycles. The predicted molar refractivity (Wildman–Crippen MR) is 55.6 cm³/mol. The van der Waals surface area contributed by atoms with Crippen molar-refractivity contribution < 1.29 is 4.79 Å². The number of carbonyl (C=O) groups excluding carboxylic acids is 1. The molecule has 0 spiro atoms. The number of fused-ring (bicyclic) bond motifs is 1. The maximum Gasteiger partial charge on any atom is 0.166 e. The monoisotopic (exact) mass is 192 g/mol. The third-order valence-electron chi connectivity index (χ3n) is 2.88. The van der Waals surface area contributed by atoms with E-state index < -0.39 is 0 Å². The molecule has 0 unspecified atom stereocenters. The summed E-state index contributed by atoms with van der Waals surface area (Å²) in [5.41, 5.74) is 9.86. The van der Waals surface area contributed by atoms with Crippen LogP contribution in [0.15, 0.2) is 0 Å². The molecule has 1 heterocycles. The van der Waals surface area contributed by atoms with Crippen molar-refractivity contribution in [3.63, 3.8) is 0 Å².